The van der Waals surface area contributed by atoms with Crippen molar-refractivity contribution in [2.24, 2.45) is 5.92 Å². The Morgan fingerprint density at radius 1 is 1.25 bits per heavy atom. The Labute approximate surface area is 99.9 Å². The van der Waals surface area contributed by atoms with E-state index >= 15 is 0 Å². The van der Waals surface area contributed by atoms with Gasteiger partial charge >= 0.3 is 0 Å². The number of hydrogen-bond acceptors (Lipinski definition) is 3. The van der Waals surface area contributed by atoms with Crippen LogP contribution >= 0.6 is 0 Å². The van der Waals surface area contributed by atoms with Gasteiger partial charge in [0.1, 0.15) is 0 Å². The number of carbonyl (C=O) groups is 2. The van der Waals surface area contributed by atoms with E-state index in [1.165, 1.54) is 0 Å². The molecule has 90 valence electrons. The Morgan fingerprint density at radius 3 is 2.19 bits per heavy atom. The van der Waals surface area contributed by atoms with Crippen LogP contribution in [0.5, 0.6) is 0 Å². The van der Waals surface area contributed by atoms with Crippen molar-refractivity contribution in [2.45, 2.75) is 58.1 Å². The summed E-state index contributed by atoms with van der Waals surface area (Å²) in [5, 5.41) is 0.0258. The lowest BCUT2D eigenvalue weighted by molar-refractivity contribution is -0.139. The molecule has 3 nitrogen and oxygen atoms in total. The molecule has 1 saturated carbocycles. The van der Waals surface area contributed by atoms with Crippen molar-refractivity contribution in [2.75, 3.05) is 0 Å². The molecule has 1 aliphatic rings. The minimum atomic E-state index is -0.773. The highest BCUT2D eigenvalue weighted by Gasteiger charge is 2.34. The fourth-order valence-corrected chi connectivity index (χ4v) is 2.26. The lowest BCUT2D eigenvalue weighted by Gasteiger charge is -2.29. The molecule has 0 saturated heterocycles. The number of carbonyl (C=O) groups excluding carboxylic acids is 2. The molecular weight excluding hydrogens is 220 g/mol. The van der Waals surface area contributed by atoms with E-state index in [0.717, 1.165) is 0 Å². The van der Waals surface area contributed by atoms with Crippen LogP contribution in [0.3, 0.4) is 0 Å². The van der Waals surface area contributed by atoms with E-state index < -0.39 is 6.10 Å². The van der Waals surface area contributed by atoms with Gasteiger partial charge in [-0.1, -0.05) is 27.7 Å². The van der Waals surface area contributed by atoms with Crippen LogP contribution in [0, 0.1) is 5.92 Å². The fourth-order valence-electron chi connectivity index (χ4n) is 1.34. The van der Waals surface area contributed by atoms with Crippen LogP contribution in [0.15, 0.2) is 0 Å². The van der Waals surface area contributed by atoms with Gasteiger partial charge in [0, 0.05) is 12.8 Å². The molecule has 0 aromatic rings. The van der Waals surface area contributed by atoms with Gasteiger partial charge in [0.25, 0.3) is 0 Å². The third kappa shape index (κ3) is 3.25. The molecule has 1 rings (SSSR count). The molecule has 0 aliphatic heterocycles. The molecule has 0 unspecified atom stereocenters. The Morgan fingerprint density at radius 2 is 1.75 bits per heavy atom. The SMILES string of the molecule is CC(C)C(C)(C)[Si]OC1C(=O)CCCC1=O. The van der Waals surface area contributed by atoms with E-state index in [1.807, 2.05) is 0 Å². The van der Waals surface area contributed by atoms with Crippen LogP contribution < -0.4 is 0 Å². The summed E-state index contributed by atoms with van der Waals surface area (Å²) in [6, 6.07) is 0. The summed E-state index contributed by atoms with van der Waals surface area (Å²) in [4.78, 5) is 23.1. The maximum atomic E-state index is 11.6. The van der Waals surface area contributed by atoms with E-state index in [0.29, 0.717) is 25.2 Å². The minimum absolute atomic E-state index is 0.0258. The van der Waals surface area contributed by atoms with E-state index in [9.17, 15) is 9.59 Å². The van der Waals surface area contributed by atoms with Crippen LogP contribution in [0.4, 0.5) is 0 Å². The van der Waals surface area contributed by atoms with Gasteiger partial charge in [-0.3, -0.25) is 9.59 Å². The molecule has 0 atom stereocenters. The third-order valence-corrected chi connectivity index (χ3v) is 4.77. The highest BCUT2D eigenvalue weighted by atomic mass is 28.2. The monoisotopic (exact) mass is 240 g/mol. The average molecular weight is 240 g/mol. The van der Waals surface area contributed by atoms with Crippen molar-refractivity contribution in [3.63, 3.8) is 0 Å². The summed E-state index contributed by atoms with van der Waals surface area (Å²) in [7, 11) is 0.200. The zero-order chi connectivity index (χ0) is 12.3. The first-order chi connectivity index (χ1) is 7.34. The molecule has 0 aromatic carbocycles. The molecule has 0 N–H and O–H groups in total. The zero-order valence-corrected chi connectivity index (χ0v) is 11.5. The first-order valence-corrected chi connectivity index (χ1v) is 6.73. The first kappa shape index (κ1) is 13.6. The van der Waals surface area contributed by atoms with Gasteiger partial charge < -0.3 is 4.43 Å². The molecule has 0 aromatic heterocycles. The number of hydrogen-bond donors (Lipinski definition) is 0. The highest BCUT2D eigenvalue weighted by molar-refractivity contribution is 6.33. The second-order valence-corrected chi connectivity index (χ2v) is 6.99. The van der Waals surface area contributed by atoms with E-state index in [-0.39, 0.29) is 26.4 Å². The summed E-state index contributed by atoms with van der Waals surface area (Å²) in [5.41, 5.74) is 0. The standard InChI is InChI=1S/C12H20O3Si/c1-8(2)12(3,4)16-15-11-9(13)6-5-7-10(11)14/h8,11H,5-7H2,1-4H3. The predicted octanol–water partition coefficient (Wildman–Crippen LogP) is 2.17. The van der Waals surface area contributed by atoms with Crippen LogP contribution in [-0.2, 0) is 14.0 Å². The van der Waals surface area contributed by atoms with Crippen molar-refractivity contribution in [1.29, 1.82) is 0 Å². The minimum Gasteiger partial charge on any atom is -0.401 e. The van der Waals surface area contributed by atoms with Crippen LogP contribution in [0.25, 0.3) is 0 Å². The smallest absolute Gasteiger partial charge is 0.237 e. The predicted molar refractivity (Wildman–Crippen MR) is 63.4 cm³/mol. The van der Waals surface area contributed by atoms with Gasteiger partial charge in [-0.2, -0.15) is 0 Å². The van der Waals surface area contributed by atoms with Gasteiger partial charge in [-0.15, -0.1) is 0 Å². The van der Waals surface area contributed by atoms with Crippen LogP contribution in [-0.4, -0.2) is 27.4 Å². The normalized spacial score (nSPS) is 19.6. The summed E-state index contributed by atoms with van der Waals surface area (Å²) in [6.07, 6.45) is 0.894. The van der Waals surface area contributed by atoms with Crippen LogP contribution in [0.2, 0.25) is 5.04 Å². The van der Waals surface area contributed by atoms with E-state index in [1.54, 1.807) is 0 Å². The zero-order valence-electron chi connectivity index (χ0n) is 10.5. The summed E-state index contributed by atoms with van der Waals surface area (Å²) >= 11 is 0. The molecule has 1 fully saturated rings. The van der Waals surface area contributed by atoms with E-state index in [2.05, 4.69) is 27.7 Å². The lowest BCUT2D eigenvalue weighted by Crippen LogP contribution is -2.39. The van der Waals surface area contributed by atoms with Gasteiger partial charge in [0.15, 0.2) is 17.7 Å². The van der Waals surface area contributed by atoms with Crippen LogP contribution in [0.1, 0.15) is 47.0 Å². The fraction of sp³-hybridized carbons (Fsp3) is 0.833. The molecule has 2 radical (unpaired) electrons. The van der Waals surface area contributed by atoms with Crippen molar-refractivity contribution < 1.29 is 14.0 Å². The lowest BCUT2D eigenvalue weighted by atomic mass is 9.95. The Kier molecular flexibility index (Phi) is 4.44. The van der Waals surface area contributed by atoms with Crippen molar-refractivity contribution in [1.82, 2.24) is 0 Å². The van der Waals surface area contributed by atoms with Crippen molar-refractivity contribution in [3.8, 4) is 0 Å². The molecule has 16 heavy (non-hydrogen) atoms. The summed E-state index contributed by atoms with van der Waals surface area (Å²) < 4.78 is 5.56. The summed E-state index contributed by atoms with van der Waals surface area (Å²) in [6.45, 7) is 8.46. The second-order valence-electron chi connectivity index (χ2n) is 5.26. The van der Waals surface area contributed by atoms with E-state index in [4.69, 9.17) is 4.43 Å². The molecule has 0 amide bonds. The number of rotatable bonds is 4. The molecular formula is C12H20O3Si. The quantitative estimate of drug-likeness (QED) is 0.559. The Hall–Kier alpha value is -0.483. The third-order valence-electron chi connectivity index (χ3n) is 3.31. The van der Waals surface area contributed by atoms with Gasteiger partial charge in [0.2, 0.25) is 9.76 Å². The number of ketones is 2. The van der Waals surface area contributed by atoms with Gasteiger partial charge in [-0.05, 0) is 17.4 Å². The second kappa shape index (κ2) is 5.23. The van der Waals surface area contributed by atoms with Crippen molar-refractivity contribution in [3.05, 3.63) is 0 Å². The maximum absolute atomic E-state index is 11.6. The molecule has 0 heterocycles. The van der Waals surface area contributed by atoms with Gasteiger partial charge in [0.05, 0.1) is 0 Å². The topological polar surface area (TPSA) is 43.4 Å². The largest absolute Gasteiger partial charge is 0.401 e. The average Bonchev–Trinajstić information content (AvgIpc) is 2.16. The Bertz CT molecular complexity index is 268. The first-order valence-electron chi connectivity index (χ1n) is 5.83. The highest BCUT2D eigenvalue weighted by Crippen LogP contribution is 2.33. The molecule has 1 aliphatic carbocycles. The summed E-state index contributed by atoms with van der Waals surface area (Å²) in [5.74, 6) is 0.395. The molecule has 0 spiro atoms. The molecule has 4 heteroatoms. The Balaban J connectivity index is 2.53. The van der Waals surface area contributed by atoms with Gasteiger partial charge in [-0.25, -0.2) is 0 Å². The number of Topliss-reactive ketones (excluding diaryl/α,β-unsaturated/α-hetero) is 2. The molecule has 0 bridgehead atoms. The van der Waals surface area contributed by atoms with Crippen molar-refractivity contribution >= 4 is 21.3 Å². The maximum Gasteiger partial charge on any atom is 0.237 e.